The zero-order valence-electron chi connectivity index (χ0n) is 16.3. The molecular weight excluding hydrogens is 447 g/mol. The molecule has 0 spiro atoms. The maximum Gasteiger partial charge on any atom is 0.261 e. The van der Waals surface area contributed by atoms with Gasteiger partial charge in [-0.3, -0.25) is 9.52 Å². The molecule has 2 aromatic carbocycles. The third kappa shape index (κ3) is 5.36. The number of hydrogen-bond acceptors (Lipinski definition) is 4. The zero-order valence-corrected chi connectivity index (χ0v) is 18.6. The Morgan fingerprint density at radius 1 is 1.10 bits per heavy atom. The Bertz CT molecular complexity index is 1160. The van der Waals surface area contributed by atoms with E-state index in [-0.39, 0.29) is 21.5 Å². The maximum absolute atomic E-state index is 12.8. The van der Waals surface area contributed by atoms with E-state index in [2.05, 4.69) is 10.0 Å². The number of halogens is 2. The molecule has 2 N–H and O–H groups in total. The molecule has 0 aliphatic carbocycles. The van der Waals surface area contributed by atoms with Crippen LogP contribution in [0.4, 0.5) is 5.69 Å². The van der Waals surface area contributed by atoms with Crippen molar-refractivity contribution in [2.24, 2.45) is 0 Å². The fourth-order valence-corrected chi connectivity index (χ4v) is 4.26. The van der Waals surface area contributed by atoms with E-state index in [1.165, 1.54) is 24.3 Å². The molecule has 1 heterocycles. The number of amides is 1. The summed E-state index contributed by atoms with van der Waals surface area (Å²) in [5.41, 5.74) is 1.21. The molecule has 1 unspecified atom stereocenters. The molecule has 0 saturated heterocycles. The number of hydrogen-bond donors (Lipinski definition) is 2. The van der Waals surface area contributed by atoms with Crippen LogP contribution in [0, 0.1) is 6.92 Å². The van der Waals surface area contributed by atoms with Crippen molar-refractivity contribution in [1.82, 2.24) is 5.32 Å². The molecule has 0 fully saturated rings. The largest absolute Gasteiger partial charge is 0.469 e. The first-order valence-electron chi connectivity index (χ1n) is 9.07. The summed E-state index contributed by atoms with van der Waals surface area (Å²) in [5, 5.41) is 3.39. The van der Waals surface area contributed by atoms with Gasteiger partial charge in [0.15, 0.2) is 0 Å². The fourth-order valence-electron chi connectivity index (χ4n) is 2.80. The van der Waals surface area contributed by atoms with E-state index in [1.54, 1.807) is 24.5 Å². The van der Waals surface area contributed by atoms with Crippen molar-refractivity contribution >= 4 is 44.8 Å². The van der Waals surface area contributed by atoms with Crippen LogP contribution in [0.5, 0.6) is 0 Å². The summed E-state index contributed by atoms with van der Waals surface area (Å²) in [6, 6.07) is 12.1. The van der Waals surface area contributed by atoms with Crippen LogP contribution in [0.1, 0.15) is 28.6 Å². The molecule has 3 rings (SSSR count). The summed E-state index contributed by atoms with van der Waals surface area (Å²) in [7, 11) is -3.95. The summed E-state index contributed by atoms with van der Waals surface area (Å²) < 4.78 is 33.3. The molecule has 9 heteroatoms. The van der Waals surface area contributed by atoms with Gasteiger partial charge in [0.05, 0.1) is 27.4 Å². The maximum atomic E-state index is 12.8. The number of carbonyl (C=O) groups is 1. The highest BCUT2D eigenvalue weighted by atomic mass is 35.5. The molecule has 1 atom stereocenters. The molecule has 0 saturated carbocycles. The molecule has 158 valence electrons. The SMILES string of the molecule is Cc1ccc(NS(=O)(=O)c2ccc(Cl)c(C(=O)NC(C)Cc3ccco3)c2)cc1Cl. The van der Waals surface area contributed by atoms with Crippen LogP contribution in [-0.2, 0) is 16.4 Å². The van der Waals surface area contributed by atoms with Gasteiger partial charge in [-0.05, 0) is 61.9 Å². The highest BCUT2D eigenvalue weighted by molar-refractivity contribution is 7.92. The predicted molar refractivity (Wildman–Crippen MR) is 118 cm³/mol. The molecule has 0 aliphatic heterocycles. The minimum Gasteiger partial charge on any atom is -0.469 e. The van der Waals surface area contributed by atoms with Gasteiger partial charge in [-0.2, -0.15) is 0 Å². The Morgan fingerprint density at radius 3 is 2.53 bits per heavy atom. The second-order valence-corrected chi connectivity index (χ2v) is 9.37. The molecule has 1 aromatic heterocycles. The minimum absolute atomic E-state index is 0.0628. The van der Waals surface area contributed by atoms with Gasteiger partial charge in [-0.1, -0.05) is 29.3 Å². The van der Waals surface area contributed by atoms with E-state index in [0.717, 1.165) is 11.3 Å². The number of furan rings is 1. The standard InChI is InChI=1S/C21H20Cl2N2O4S/c1-13-5-6-15(11-20(13)23)25-30(27,28)17-7-8-19(22)18(12-17)21(26)24-14(2)10-16-4-3-9-29-16/h3-9,11-12,14,25H,10H2,1-2H3,(H,24,26). The lowest BCUT2D eigenvalue weighted by atomic mass is 10.1. The first-order chi connectivity index (χ1) is 14.2. The van der Waals surface area contributed by atoms with Crippen molar-refractivity contribution in [2.45, 2.75) is 31.2 Å². The number of benzene rings is 2. The van der Waals surface area contributed by atoms with Crippen molar-refractivity contribution in [1.29, 1.82) is 0 Å². The van der Waals surface area contributed by atoms with Gasteiger partial charge in [-0.25, -0.2) is 8.42 Å². The van der Waals surface area contributed by atoms with Crippen LogP contribution in [-0.4, -0.2) is 20.4 Å². The predicted octanol–water partition coefficient (Wildman–Crippen LogP) is 5.06. The second kappa shape index (κ2) is 9.12. The number of aryl methyl sites for hydroxylation is 1. The summed E-state index contributed by atoms with van der Waals surface area (Å²) >= 11 is 12.2. The van der Waals surface area contributed by atoms with E-state index in [4.69, 9.17) is 27.6 Å². The van der Waals surface area contributed by atoms with E-state index >= 15 is 0 Å². The second-order valence-electron chi connectivity index (χ2n) is 6.87. The van der Waals surface area contributed by atoms with Crippen molar-refractivity contribution in [3.05, 3.63) is 81.7 Å². The van der Waals surface area contributed by atoms with Crippen molar-refractivity contribution < 1.29 is 17.6 Å². The van der Waals surface area contributed by atoms with Crippen LogP contribution in [0.2, 0.25) is 10.0 Å². The summed E-state index contributed by atoms with van der Waals surface area (Å²) in [6.07, 6.45) is 2.05. The van der Waals surface area contributed by atoms with E-state index < -0.39 is 15.9 Å². The summed E-state index contributed by atoms with van der Waals surface area (Å²) in [5.74, 6) is 0.251. The smallest absolute Gasteiger partial charge is 0.261 e. The summed E-state index contributed by atoms with van der Waals surface area (Å²) in [6.45, 7) is 3.63. The number of nitrogens with one attached hydrogen (secondary N) is 2. The number of rotatable bonds is 7. The molecule has 6 nitrogen and oxygen atoms in total. The Balaban J connectivity index is 1.79. The highest BCUT2D eigenvalue weighted by Gasteiger charge is 2.20. The van der Waals surface area contributed by atoms with Gasteiger partial charge < -0.3 is 9.73 Å². The lowest BCUT2D eigenvalue weighted by Gasteiger charge is -2.15. The Labute approximate surface area is 185 Å². The topological polar surface area (TPSA) is 88.4 Å². The van der Waals surface area contributed by atoms with Gasteiger partial charge in [0, 0.05) is 17.5 Å². The Kier molecular flexibility index (Phi) is 6.75. The lowest BCUT2D eigenvalue weighted by molar-refractivity contribution is 0.0939. The summed E-state index contributed by atoms with van der Waals surface area (Å²) in [4.78, 5) is 12.6. The van der Waals surface area contributed by atoms with Gasteiger partial charge in [-0.15, -0.1) is 0 Å². The van der Waals surface area contributed by atoms with E-state index in [0.29, 0.717) is 17.1 Å². The van der Waals surface area contributed by atoms with E-state index in [9.17, 15) is 13.2 Å². The Morgan fingerprint density at radius 2 is 1.87 bits per heavy atom. The van der Waals surface area contributed by atoms with Gasteiger partial charge >= 0.3 is 0 Å². The van der Waals surface area contributed by atoms with Crippen LogP contribution in [0.3, 0.4) is 0 Å². The minimum atomic E-state index is -3.95. The Hall–Kier alpha value is -2.48. The third-order valence-corrected chi connectivity index (χ3v) is 6.50. The first-order valence-corrected chi connectivity index (χ1v) is 11.3. The van der Waals surface area contributed by atoms with Crippen LogP contribution >= 0.6 is 23.2 Å². The molecule has 30 heavy (non-hydrogen) atoms. The van der Waals surface area contributed by atoms with Gasteiger partial charge in [0.25, 0.3) is 15.9 Å². The number of sulfonamides is 1. The quantitative estimate of drug-likeness (QED) is 0.509. The highest BCUT2D eigenvalue weighted by Crippen LogP contribution is 2.25. The number of anilines is 1. The molecule has 0 bridgehead atoms. The normalized spacial score (nSPS) is 12.4. The van der Waals surface area contributed by atoms with Crippen molar-refractivity contribution in [3.8, 4) is 0 Å². The molecule has 0 radical (unpaired) electrons. The van der Waals surface area contributed by atoms with Crippen LogP contribution < -0.4 is 10.0 Å². The molecule has 1 amide bonds. The molecule has 0 aliphatic rings. The molecule has 3 aromatic rings. The fraction of sp³-hybridized carbons (Fsp3) is 0.190. The average molecular weight is 467 g/mol. The third-order valence-electron chi connectivity index (χ3n) is 4.38. The lowest BCUT2D eigenvalue weighted by Crippen LogP contribution is -2.34. The monoisotopic (exact) mass is 466 g/mol. The van der Waals surface area contributed by atoms with Crippen molar-refractivity contribution in [3.63, 3.8) is 0 Å². The van der Waals surface area contributed by atoms with Gasteiger partial charge in [0.2, 0.25) is 0 Å². The first kappa shape index (κ1) is 22.2. The van der Waals surface area contributed by atoms with Crippen molar-refractivity contribution in [2.75, 3.05) is 4.72 Å². The van der Waals surface area contributed by atoms with Crippen LogP contribution in [0.15, 0.2) is 64.1 Å². The molecular formula is C21H20Cl2N2O4S. The number of carbonyl (C=O) groups excluding carboxylic acids is 1. The van der Waals surface area contributed by atoms with Gasteiger partial charge in [0.1, 0.15) is 5.76 Å². The average Bonchev–Trinajstić information content (AvgIpc) is 3.17. The van der Waals surface area contributed by atoms with Crippen LogP contribution in [0.25, 0.3) is 0 Å². The van der Waals surface area contributed by atoms with E-state index in [1.807, 2.05) is 19.9 Å². The zero-order chi connectivity index (χ0) is 21.9.